The normalized spacial score (nSPS) is 10.4. The molecule has 1 aromatic heterocycles. The van der Waals surface area contributed by atoms with Crippen molar-refractivity contribution in [3.8, 4) is 0 Å². The monoisotopic (exact) mass is 200 g/mol. The molecule has 0 fully saturated rings. The van der Waals surface area contributed by atoms with E-state index in [1.807, 2.05) is 0 Å². The van der Waals surface area contributed by atoms with Gasteiger partial charge in [-0.3, -0.25) is 4.79 Å². The Kier molecular flexibility index (Phi) is 3.99. The van der Waals surface area contributed by atoms with Crippen molar-refractivity contribution in [3.05, 3.63) is 5.82 Å². The molecule has 0 radical (unpaired) electrons. The van der Waals surface area contributed by atoms with E-state index in [1.165, 1.54) is 4.68 Å². The minimum Gasteiger partial charge on any atom is -0.481 e. The van der Waals surface area contributed by atoms with E-state index in [2.05, 4.69) is 15.5 Å². The van der Waals surface area contributed by atoms with Crippen LogP contribution in [-0.2, 0) is 17.8 Å². The van der Waals surface area contributed by atoms with E-state index in [9.17, 15) is 4.79 Å². The van der Waals surface area contributed by atoms with E-state index in [0.717, 1.165) is 0 Å². The molecule has 0 saturated carbocycles. The van der Waals surface area contributed by atoms with Gasteiger partial charge in [0.1, 0.15) is 0 Å². The number of aliphatic hydroxyl groups excluding tert-OH is 1. The number of hydrogen-bond donors (Lipinski definition) is 2. The Balaban J connectivity index is 2.49. The molecule has 0 spiro atoms. The molecule has 0 saturated heterocycles. The summed E-state index contributed by atoms with van der Waals surface area (Å²) in [5, 5.41) is 27.9. The lowest BCUT2D eigenvalue weighted by molar-refractivity contribution is -0.137. The number of aryl methyl sites for hydroxylation is 2. The van der Waals surface area contributed by atoms with Crippen LogP contribution in [0.25, 0.3) is 0 Å². The predicted molar refractivity (Wildman–Crippen MR) is 45.5 cm³/mol. The van der Waals surface area contributed by atoms with E-state index >= 15 is 0 Å². The number of nitrogens with zero attached hydrogens (tertiary/aromatic N) is 4. The molecule has 0 bridgehead atoms. The van der Waals surface area contributed by atoms with E-state index in [1.54, 1.807) is 0 Å². The molecule has 1 rings (SSSR count). The van der Waals surface area contributed by atoms with E-state index < -0.39 is 5.97 Å². The van der Waals surface area contributed by atoms with Crippen molar-refractivity contribution in [2.45, 2.75) is 25.8 Å². The van der Waals surface area contributed by atoms with Crippen LogP contribution in [0.4, 0.5) is 0 Å². The third kappa shape index (κ3) is 3.09. The van der Waals surface area contributed by atoms with Crippen LogP contribution in [-0.4, -0.2) is 43.0 Å². The summed E-state index contributed by atoms with van der Waals surface area (Å²) in [6.45, 7) is 0.580. The van der Waals surface area contributed by atoms with Crippen molar-refractivity contribution in [2.75, 3.05) is 6.61 Å². The van der Waals surface area contributed by atoms with Gasteiger partial charge in [-0.1, -0.05) is 0 Å². The van der Waals surface area contributed by atoms with Gasteiger partial charge in [0, 0.05) is 19.6 Å². The first-order valence-electron chi connectivity index (χ1n) is 4.31. The summed E-state index contributed by atoms with van der Waals surface area (Å²) in [7, 11) is 0. The topological polar surface area (TPSA) is 101 Å². The molecule has 14 heavy (non-hydrogen) atoms. The van der Waals surface area contributed by atoms with Gasteiger partial charge in [-0.15, -0.1) is 5.10 Å². The van der Waals surface area contributed by atoms with Crippen LogP contribution < -0.4 is 0 Å². The van der Waals surface area contributed by atoms with Crippen molar-refractivity contribution < 1.29 is 15.0 Å². The maximum absolute atomic E-state index is 10.3. The van der Waals surface area contributed by atoms with Gasteiger partial charge in [0.05, 0.1) is 6.42 Å². The SMILES string of the molecule is O=C(O)CCc1nnnn1CCCO. The van der Waals surface area contributed by atoms with Crippen LogP contribution in [0.3, 0.4) is 0 Å². The fourth-order valence-electron chi connectivity index (χ4n) is 1.02. The van der Waals surface area contributed by atoms with Crippen molar-refractivity contribution in [1.82, 2.24) is 20.2 Å². The number of hydrogen-bond acceptors (Lipinski definition) is 5. The maximum Gasteiger partial charge on any atom is 0.303 e. The van der Waals surface area contributed by atoms with Crippen LogP contribution in [0, 0.1) is 0 Å². The summed E-state index contributed by atoms with van der Waals surface area (Å²) >= 11 is 0. The van der Waals surface area contributed by atoms with Crippen LogP contribution in [0.5, 0.6) is 0 Å². The number of aromatic nitrogens is 4. The maximum atomic E-state index is 10.3. The Labute approximate surface area is 80.4 Å². The highest BCUT2D eigenvalue weighted by atomic mass is 16.4. The van der Waals surface area contributed by atoms with Crippen molar-refractivity contribution in [1.29, 1.82) is 0 Å². The fraction of sp³-hybridized carbons (Fsp3) is 0.714. The molecule has 0 aliphatic rings. The van der Waals surface area contributed by atoms with Crippen LogP contribution in [0.1, 0.15) is 18.7 Å². The van der Waals surface area contributed by atoms with E-state index in [4.69, 9.17) is 10.2 Å². The largest absolute Gasteiger partial charge is 0.481 e. The van der Waals surface area contributed by atoms with Gasteiger partial charge in [-0.2, -0.15) is 0 Å². The van der Waals surface area contributed by atoms with E-state index in [0.29, 0.717) is 25.2 Å². The van der Waals surface area contributed by atoms with Crippen LogP contribution in [0.15, 0.2) is 0 Å². The first-order chi connectivity index (χ1) is 6.74. The van der Waals surface area contributed by atoms with Crippen molar-refractivity contribution >= 4 is 5.97 Å². The van der Waals surface area contributed by atoms with Gasteiger partial charge in [-0.25, -0.2) is 4.68 Å². The smallest absolute Gasteiger partial charge is 0.303 e. The van der Waals surface area contributed by atoms with Gasteiger partial charge in [0.25, 0.3) is 0 Å². The third-order valence-corrected chi connectivity index (χ3v) is 1.70. The summed E-state index contributed by atoms with van der Waals surface area (Å²) in [6.07, 6.45) is 0.887. The molecule has 0 aliphatic carbocycles. The number of carbonyl (C=O) groups is 1. The lowest BCUT2D eigenvalue weighted by Gasteiger charge is -2.01. The molecular formula is C7H12N4O3. The first kappa shape index (κ1) is 10.6. The molecule has 7 nitrogen and oxygen atoms in total. The Bertz CT molecular complexity index is 299. The van der Waals surface area contributed by atoms with Gasteiger partial charge < -0.3 is 10.2 Å². The molecule has 1 heterocycles. The average molecular weight is 200 g/mol. The molecule has 1 aromatic rings. The Morgan fingerprint density at radius 2 is 2.29 bits per heavy atom. The number of rotatable bonds is 6. The first-order valence-corrected chi connectivity index (χ1v) is 4.31. The summed E-state index contributed by atoms with van der Waals surface area (Å²) in [5.74, 6) is -0.331. The number of carboxylic acid groups (broad SMARTS) is 1. The Hall–Kier alpha value is -1.50. The average Bonchev–Trinajstić information content (AvgIpc) is 2.58. The molecule has 7 heteroatoms. The second-order valence-electron chi connectivity index (χ2n) is 2.79. The molecular weight excluding hydrogens is 188 g/mol. The molecule has 2 N–H and O–H groups in total. The number of carboxylic acids is 1. The zero-order valence-electron chi connectivity index (χ0n) is 7.63. The molecule has 0 aromatic carbocycles. The standard InChI is InChI=1S/C7H12N4O3/c12-5-1-4-11-6(8-9-10-11)2-3-7(13)14/h12H,1-5H2,(H,13,14). The lowest BCUT2D eigenvalue weighted by atomic mass is 10.3. The van der Waals surface area contributed by atoms with E-state index in [-0.39, 0.29) is 13.0 Å². The van der Waals surface area contributed by atoms with Crippen molar-refractivity contribution in [3.63, 3.8) is 0 Å². The Morgan fingerprint density at radius 3 is 2.93 bits per heavy atom. The number of aliphatic hydroxyl groups is 1. The highest BCUT2D eigenvalue weighted by Gasteiger charge is 2.07. The molecule has 0 atom stereocenters. The van der Waals surface area contributed by atoms with Crippen LogP contribution >= 0.6 is 0 Å². The highest BCUT2D eigenvalue weighted by molar-refractivity contribution is 5.66. The summed E-state index contributed by atoms with van der Waals surface area (Å²) in [5.41, 5.74) is 0. The zero-order chi connectivity index (χ0) is 10.4. The lowest BCUT2D eigenvalue weighted by Crippen LogP contribution is -2.09. The van der Waals surface area contributed by atoms with Gasteiger partial charge in [0.2, 0.25) is 0 Å². The quantitative estimate of drug-likeness (QED) is 0.615. The summed E-state index contributed by atoms with van der Waals surface area (Å²) in [6, 6.07) is 0. The van der Waals surface area contributed by atoms with Crippen molar-refractivity contribution in [2.24, 2.45) is 0 Å². The number of tetrazole rings is 1. The molecule has 0 unspecified atom stereocenters. The van der Waals surface area contributed by atoms with Gasteiger partial charge >= 0.3 is 5.97 Å². The van der Waals surface area contributed by atoms with Gasteiger partial charge in [-0.05, 0) is 16.8 Å². The second-order valence-corrected chi connectivity index (χ2v) is 2.79. The van der Waals surface area contributed by atoms with Gasteiger partial charge in [0.15, 0.2) is 5.82 Å². The highest BCUT2D eigenvalue weighted by Crippen LogP contribution is 1.98. The molecule has 0 amide bonds. The molecule has 0 aliphatic heterocycles. The minimum absolute atomic E-state index is 0.0134. The second kappa shape index (κ2) is 5.28. The predicted octanol–water partition coefficient (Wildman–Crippen LogP) is -0.927. The third-order valence-electron chi connectivity index (χ3n) is 1.70. The minimum atomic E-state index is -0.873. The summed E-state index contributed by atoms with van der Waals surface area (Å²) < 4.78 is 1.51. The number of aliphatic carboxylic acids is 1. The molecule has 78 valence electrons. The van der Waals surface area contributed by atoms with Crippen LogP contribution in [0.2, 0.25) is 0 Å². The summed E-state index contributed by atoms with van der Waals surface area (Å²) in [4.78, 5) is 10.3. The fourth-order valence-corrected chi connectivity index (χ4v) is 1.02. The zero-order valence-corrected chi connectivity index (χ0v) is 7.63. The Morgan fingerprint density at radius 1 is 1.50 bits per heavy atom.